The molecule has 0 bridgehead atoms. The van der Waals surface area contributed by atoms with Crippen LogP contribution < -0.4 is 14.8 Å². The van der Waals surface area contributed by atoms with Crippen molar-refractivity contribution in [2.75, 3.05) is 27.8 Å². The normalized spacial score (nSPS) is 9.93. The molecule has 0 fully saturated rings. The van der Waals surface area contributed by atoms with Gasteiger partial charge in [0.25, 0.3) is 0 Å². The molecule has 1 aromatic heterocycles. The number of aromatic nitrogens is 1. The van der Waals surface area contributed by atoms with E-state index in [2.05, 4.69) is 10.3 Å². The molecular weight excluding hydrogens is 180 g/mol. The van der Waals surface area contributed by atoms with Gasteiger partial charge >= 0.3 is 0 Å². The number of ether oxygens (including phenoxy) is 2. The Morgan fingerprint density at radius 3 is 2.71 bits per heavy atom. The van der Waals surface area contributed by atoms with Crippen LogP contribution in [0.15, 0.2) is 12.3 Å². The minimum atomic E-state index is 0.727. The molecule has 0 aliphatic carbocycles. The predicted molar refractivity (Wildman–Crippen MR) is 55.0 cm³/mol. The summed E-state index contributed by atoms with van der Waals surface area (Å²) in [5, 5.41) is 3.07. The maximum atomic E-state index is 5.25. The highest BCUT2D eigenvalue weighted by Gasteiger charge is 2.09. The Morgan fingerprint density at radius 2 is 2.14 bits per heavy atom. The van der Waals surface area contributed by atoms with Crippen LogP contribution >= 0.6 is 0 Å². The first-order chi connectivity index (χ1) is 6.83. The summed E-state index contributed by atoms with van der Waals surface area (Å²) >= 11 is 0. The number of rotatable bonds is 5. The second-order valence-electron chi connectivity index (χ2n) is 2.85. The maximum Gasteiger partial charge on any atom is 0.182 e. The standard InChI is InChI=1S/C10H16N2O2/c1-11-6-4-8-10(14-3)9(13-2)5-7-12-8/h5,7,11H,4,6H2,1-3H3. The third kappa shape index (κ3) is 2.35. The van der Waals surface area contributed by atoms with Crippen molar-refractivity contribution in [3.8, 4) is 11.5 Å². The molecule has 1 rings (SSSR count). The maximum absolute atomic E-state index is 5.25. The lowest BCUT2D eigenvalue weighted by Crippen LogP contribution is -2.12. The van der Waals surface area contributed by atoms with Crippen LogP contribution in [-0.4, -0.2) is 32.8 Å². The van der Waals surface area contributed by atoms with E-state index in [1.54, 1.807) is 26.5 Å². The van der Waals surface area contributed by atoms with E-state index >= 15 is 0 Å². The highest BCUT2D eigenvalue weighted by Crippen LogP contribution is 2.28. The van der Waals surface area contributed by atoms with E-state index in [9.17, 15) is 0 Å². The van der Waals surface area contributed by atoms with Crippen LogP contribution in [0.5, 0.6) is 11.5 Å². The summed E-state index contributed by atoms with van der Waals surface area (Å²) in [6.45, 7) is 0.872. The lowest BCUT2D eigenvalue weighted by Gasteiger charge is -2.10. The smallest absolute Gasteiger partial charge is 0.182 e. The van der Waals surface area contributed by atoms with Gasteiger partial charge in [-0.05, 0) is 7.05 Å². The van der Waals surface area contributed by atoms with Crippen molar-refractivity contribution in [3.05, 3.63) is 18.0 Å². The molecule has 0 saturated heterocycles. The van der Waals surface area contributed by atoms with E-state index in [1.807, 2.05) is 7.05 Å². The van der Waals surface area contributed by atoms with Crippen LogP contribution in [-0.2, 0) is 6.42 Å². The van der Waals surface area contributed by atoms with Crippen LogP contribution in [0.4, 0.5) is 0 Å². The summed E-state index contributed by atoms with van der Waals surface area (Å²) in [6.07, 6.45) is 2.56. The van der Waals surface area contributed by atoms with Crippen molar-refractivity contribution in [3.63, 3.8) is 0 Å². The summed E-state index contributed by atoms with van der Waals surface area (Å²) in [6, 6.07) is 1.79. The monoisotopic (exact) mass is 196 g/mol. The van der Waals surface area contributed by atoms with E-state index < -0.39 is 0 Å². The molecule has 0 atom stereocenters. The Morgan fingerprint density at radius 1 is 1.36 bits per heavy atom. The van der Waals surface area contributed by atoms with E-state index in [1.165, 1.54) is 0 Å². The van der Waals surface area contributed by atoms with Gasteiger partial charge in [0.2, 0.25) is 0 Å². The largest absolute Gasteiger partial charge is 0.493 e. The second-order valence-corrected chi connectivity index (χ2v) is 2.85. The molecule has 14 heavy (non-hydrogen) atoms. The van der Waals surface area contributed by atoms with Crippen molar-refractivity contribution < 1.29 is 9.47 Å². The summed E-state index contributed by atoms with van der Waals surface area (Å²) < 4.78 is 10.4. The first-order valence-electron chi connectivity index (χ1n) is 4.54. The zero-order chi connectivity index (χ0) is 10.4. The Bertz CT molecular complexity index is 289. The molecule has 0 aliphatic rings. The summed E-state index contributed by atoms with van der Waals surface area (Å²) in [7, 11) is 5.16. The molecule has 0 aromatic carbocycles. The molecule has 0 amide bonds. The summed E-state index contributed by atoms with van der Waals surface area (Å²) in [5.41, 5.74) is 0.918. The Kier molecular flexibility index (Phi) is 4.19. The van der Waals surface area contributed by atoms with E-state index in [-0.39, 0.29) is 0 Å². The van der Waals surface area contributed by atoms with Gasteiger partial charge in [0.1, 0.15) is 0 Å². The van der Waals surface area contributed by atoms with Gasteiger partial charge in [0.15, 0.2) is 11.5 Å². The summed E-state index contributed by atoms with van der Waals surface area (Å²) in [4.78, 5) is 4.25. The third-order valence-corrected chi connectivity index (χ3v) is 1.98. The fourth-order valence-electron chi connectivity index (χ4n) is 1.27. The Balaban J connectivity index is 2.90. The number of hydrogen-bond acceptors (Lipinski definition) is 4. The Hall–Kier alpha value is -1.29. The number of nitrogens with one attached hydrogen (secondary N) is 1. The Labute approximate surface area is 84.3 Å². The van der Waals surface area contributed by atoms with Gasteiger partial charge in [-0.15, -0.1) is 0 Å². The SMILES string of the molecule is CNCCc1nccc(OC)c1OC. The fraction of sp³-hybridized carbons (Fsp3) is 0.500. The summed E-state index contributed by atoms with van der Waals surface area (Å²) in [5.74, 6) is 1.46. The molecule has 4 heteroatoms. The van der Waals surface area contributed by atoms with Crippen LogP contribution in [0.25, 0.3) is 0 Å². The lowest BCUT2D eigenvalue weighted by molar-refractivity contribution is 0.349. The molecule has 0 spiro atoms. The number of pyridine rings is 1. The molecule has 1 heterocycles. The molecular formula is C10H16N2O2. The number of hydrogen-bond donors (Lipinski definition) is 1. The van der Waals surface area contributed by atoms with Crippen LogP contribution in [0, 0.1) is 0 Å². The topological polar surface area (TPSA) is 43.4 Å². The first kappa shape index (κ1) is 10.8. The van der Waals surface area contributed by atoms with Gasteiger partial charge in [-0.25, -0.2) is 0 Å². The zero-order valence-electron chi connectivity index (χ0n) is 8.83. The molecule has 78 valence electrons. The fourth-order valence-corrected chi connectivity index (χ4v) is 1.27. The van der Waals surface area contributed by atoms with Crippen molar-refractivity contribution in [1.82, 2.24) is 10.3 Å². The number of nitrogens with zero attached hydrogens (tertiary/aromatic N) is 1. The second kappa shape index (κ2) is 5.44. The van der Waals surface area contributed by atoms with Gasteiger partial charge < -0.3 is 14.8 Å². The van der Waals surface area contributed by atoms with Gasteiger partial charge in [-0.1, -0.05) is 0 Å². The molecule has 0 aliphatic heterocycles. The van der Waals surface area contributed by atoms with Gasteiger partial charge in [-0.2, -0.15) is 0 Å². The van der Waals surface area contributed by atoms with Crippen molar-refractivity contribution in [1.29, 1.82) is 0 Å². The van der Waals surface area contributed by atoms with Crippen LogP contribution in [0.1, 0.15) is 5.69 Å². The zero-order valence-corrected chi connectivity index (χ0v) is 8.83. The average molecular weight is 196 g/mol. The van der Waals surface area contributed by atoms with Crippen molar-refractivity contribution in [2.45, 2.75) is 6.42 Å². The molecule has 0 saturated carbocycles. The minimum absolute atomic E-state index is 0.727. The van der Waals surface area contributed by atoms with Gasteiger partial charge in [0, 0.05) is 25.2 Å². The quantitative estimate of drug-likeness (QED) is 0.758. The molecule has 0 unspecified atom stereocenters. The molecule has 4 nitrogen and oxygen atoms in total. The van der Waals surface area contributed by atoms with E-state index in [0.29, 0.717) is 0 Å². The molecule has 1 aromatic rings. The van der Waals surface area contributed by atoms with E-state index in [4.69, 9.17) is 9.47 Å². The minimum Gasteiger partial charge on any atom is -0.493 e. The number of methoxy groups -OCH3 is 2. The number of likely N-dealkylation sites (N-methyl/N-ethyl adjacent to an activating group) is 1. The van der Waals surface area contributed by atoms with Gasteiger partial charge in [-0.3, -0.25) is 4.98 Å². The molecule has 0 radical (unpaired) electrons. The van der Waals surface area contributed by atoms with Crippen molar-refractivity contribution >= 4 is 0 Å². The van der Waals surface area contributed by atoms with E-state index in [0.717, 1.165) is 30.2 Å². The lowest BCUT2D eigenvalue weighted by atomic mass is 10.2. The van der Waals surface area contributed by atoms with Crippen LogP contribution in [0.3, 0.4) is 0 Å². The third-order valence-electron chi connectivity index (χ3n) is 1.98. The highest BCUT2D eigenvalue weighted by molar-refractivity contribution is 5.42. The van der Waals surface area contributed by atoms with Crippen LogP contribution in [0.2, 0.25) is 0 Å². The van der Waals surface area contributed by atoms with Gasteiger partial charge in [0.05, 0.1) is 19.9 Å². The predicted octanol–water partition coefficient (Wildman–Crippen LogP) is 0.861. The average Bonchev–Trinajstić information content (AvgIpc) is 2.25. The molecule has 1 N–H and O–H groups in total. The highest BCUT2D eigenvalue weighted by atomic mass is 16.5. The first-order valence-corrected chi connectivity index (χ1v) is 4.54. The van der Waals surface area contributed by atoms with Crippen molar-refractivity contribution in [2.24, 2.45) is 0 Å².